The van der Waals surface area contributed by atoms with Gasteiger partial charge in [-0.2, -0.15) is 0 Å². The molecular weight excluding hydrogens is 418 g/mol. The molecule has 0 radical (unpaired) electrons. The van der Waals surface area contributed by atoms with Crippen molar-refractivity contribution in [2.75, 3.05) is 13.1 Å². The largest absolute Gasteiger partial charge is 0.480 e. The molecule has 0 bridgehead atoms. The van der Waals surface area contributed by atoms with Crippen molar-refractivity contribution in [3.63, 3.8) is 0 Å². The second-order valence-corrected chi connectivity index (χ2v) is 8.42. The van der Waals surface area contributed by atoms with Crippen LogP contribution in [0.5, 0.6) is 0 Å². The number of aliphatic imine (C=N–C) groups is 1. The van der Waals surface area contributed by atoms with Crippen LogP contribution in [0.4, 0.5) is 0 Å². The summed E-state index contributed by atoms with van der Waals surface area (Å²) in [6, 6.07) is -3.25. The molecular formula is C20H37N7O5. The van der Waals surface area contributed by atoms with Gasteiger partial charge in [-0.25, -0.2) is 4.79 Å². The maximum atomic E-state index is 12.8. The van der Waals surface area contributed by atoms with Crippen LogP contribution in [0.3, 0.4) is 0 Å². The summed E-state index contributed by atoms with van der Waals surface area (Å²) in [5.41, 5.74) is 10.5. The summed E-state index contributed by atoms with van der Waals surface area (Å²) in [4.78, 5) is 52.9. The highest BCUT2D eigenvalue weighted by molar-refractivity contribution is 5.94. The molecule has 0 aliphatic carbocycles. The van der Waals surface area contributed by atoms with Gasteiger partial charge in [0.1, 0.15) is 18.1 Å². The average Bonchev–Trinajstić information content (AvgIpc) is 3.23. The van der Waals surface area contributed by atoms with E-state index in [1.165, 1.54) is 6.92 Å². The smallest absolute Gasteiger partial charge is 0.326 e. The first-order valence-electron chi connectivity index (χ1n) is 10.9. The molecule has 1 aliphatic heterocycles. The van der Waals surface area contributed by atoms with Crippen LogP contribution in [-0.2, 0) is 19.2 Å². The first-order chi connectivity index (χ1) is 15.0. The monoisotopic (exact) mass is 455 g/mol. The fourth-order valence-corrected chi connectivity index (χ4v) is 3.32. The molecule has 3 amide bonds. The summed E-state index contributed by atoms with van der Waals surface area (Å²) < 4.78 is 0. The minimum Gasteiger partial charge on any atom is -0.480 e. The number of carbonyl (C=O) groups is 4. The van der Waals surface area contributed by atoms with E-state index in [9.17, 15) is 24.3 Å². The van der Waals surface area contributed by atoms with E-state index in [2.05, 4.69) is 26.3 Å². The molecule has 1 fully saturated rings. The second-order valence-electron chi connectivity index (χ2n) is 8.42. The molecule has 4 atom stereocenters. The van der Waals surface area contributed by atoms with Gasteiger partial charge in [0.25, 0.3) is 0 Å². The van der Waals surface area contributed by atoms with Crippen molar-refractivity contribution in [1.29, 1.82) is 0 Å². The first-order valence-corrected chi connectivity index (χ1v) is 10.9. The van der Waals surface area contributed by atoms with E-state index in [0.29, 0.717) is 19.3 Å². The van der Waals surface area contributed by atoms with Crippen LogP contribution >= 0.6 is 0 Å². The molecule has 9 N–H and O–H groups in total. The summed E-state index contributed by atoms with van der Waals surface area (Å²) in [6.45, 7) is 6.30. The Labute approximate surface area is 188 Å². The van der Waals surface area contributed by atoms with Gasteiger partial charge in [-0.3, -0.25) is 19.4 Å². The molecule has 182 valence electrons. The molecule has 12 heteroatoms. The third-order valence-electron chi connectivity index (χ3n) is 5.03. The number of carboxylic acid groups (broad SMARTS) is 1. The molecule has 0 spiro atoms. The average molecular weight is 456 g/mol. The van der Waals surface area contributed by atoms with Crippen molar-refractivity contribution in [2.24, 2.45) is 22.4 Å². The lowest BCUT2D eigenvalue weighted by atomic mass is 10.0. The highest BCUT2D eigenvalue weighted by Crippen LogP contribution is 2.09. The Hall–Kier alpha value is -2.89. The zero-order valence-electron chi connectivity index (χ0n) is 19.0. The first kappa shape index (κ1) is 27.1. The number of nitrogens with zero attached hydrogens (tertiary/aromatic N) is 1. The molecule has 1 aliphatic rings. The normalized spacial score (nSPS) is 18.3. The Morgan fingerprint density at radius 2 is 1.75 bits per heavy atom. The minimum absolute atomic E-state index is 0.0935. The molecule has 1 heterocycles. The SMILES string of the molecule is CC(C)CC(NC(=O)C1CCCN1)C(=O)NC(C)C(=O)NC(CCCN=C(N)N)C(=O)O. The summed E-state index contributed by atoms with van der Waals surface area (Å²) in [5, 5.41) is 20.2. The van der Waals surface area contributed by atoms with Gasteiger partial charge in [-0.15, -0.1) is 0 Å². The fraction of sp³-hybridized carbons (Fsp3) is 0.750. The lowest BCUT2D eigenvalue weighted by Crippen LogP contribution is -2.56. The number of hydrogen-bond donors (Lipinski definition) is 7. The number of hydrogen-bond acceptors (Lipinski definition) is 6. The van der Waals surface area contributed by atoms with Crippen LogP contribution in [0, 0.1) is 5.92 Å². The van der Waals surface area contributed by atoms with Crippen LogP contribution in [0.2, 0.25) is 0 Å². The third kappa shape index (κ3) is 9.94. The third-order valence-corrected chi connectivity index (χ3v) is 5.03. The number of aliphatic carboxylic acids is 1. The molecule has 0 saturated carbocycles. The van der Waals surface area contributed by atoms with E-state index in [1.54, 1.807) is 0 Å². The number of rotatable bonds is 13. The lowest BCUT2D eigenvalue weighted by molar-refractivity contribution is -0.142. The fourth-order valence-electron chi connectivity index (χ4n) is 3.32. The van der Waals surface area contributed by atoms with Crippen LogP contribution < -0.4 is 32.7 Å². The van der Waals surface area contributed by atoms with Crippen molar-refractivity contribution in [2.45, 2.75) is 77.0 Å². The number of guanidine groups is 1. The zero-order valence-corrected chi connectivity index (χ0v) is 19.0. The predicted octanol–water partition coefficient (Wildman–Crippen LogP) is -1.60. The Morgan fingerprint density at radius 3 is 2.28 bits per heavy atom. The van der Waals surface area contributed by atoms with E-state index in [1.807, 2.05) is 13.8 Å². The zero-order chi connectivity index (χ0) is 24.3. The van der Waals surface area contributed by atoms with Gasteiger partial charge < -0.3 is 37.8 Å². The highest BCUT2D eigenvalue weighted by Gasteiger charge is 2.30. The van der Waals surface area contributed by atoms with Crippen molar-refractivity contribution < 1.29 is 24.3 Å². The number of carboxylic acids is 1. The Morgan fingerprint density at radius 1 is 1.06 bits per heavy atom. The maximum Gasteiger partial charge on any atom is 0.326 e. The summed E-state index contributed by atoms with van der Waals surface area (Å²) in [7, 11) is 0. The molecule has 0 aromatic carbocycles. The Bertz CT molecular complexity index is 688. The van der Waals surface area contributed by atoms with Gasteiger partial charge in [-0.1, -0.05) is 13.8 Å². The van der Waals surface area contributed by atoms with Gasteiger partial charge in [0.2, 0.25) is 17.7 Å². The molecule has 12 nitrogen and oxygen atoms in total. The maximum absolute atomic E-state index is 12.8. The Kier molecular flexibility index (Phi) is 11.5. The molecule has 1 saturated heterocycles. The number of nitrogens with two attached hydrogens (primary N) is 2. The second kappa shape index (κ2) is 13.5. The standard InChI is InChI=1S/C20H37N7O5/c1-11(2)10-15(27-17(29)13-6-4-8-23-13)18(30)25-12(3)16(28)26-14(19(31)32)7-5-9-24-20(21)22/h11-15,23H,4-10H2,1-3H3,(H,25,30)(H,26,28)(H,27,29)(H,31,32)(H4,21,22,24). The van der Waals surface area contributed by atoms with Crippen molar-refractivity contribution in [3.8, 4) is 0 Å². The molecule has 32 heavy (non-hydrogen) atoms. The lowest BCUT2D eigenvalue weighted by Gasteiger charge is -2.24. The van der Waals surface area contributed by atoms with Crippen molar-refractivity contribution >= 4 is 29.7 Å². The van der Waals surface area contributed by atoms with E-state index in [-0.39, 0.29) is 36.8 Å². The number of amides is 3. The number of nitrogens with one attached hydrogen (secondary N) is 4. The summed E-state index contributed by atoms with van der Waals surface area (Å²) >= 11 is 0. The van der Waals surface area contributed by atoms with E-state index < -0.39 is 35.9 Å². The van der Waals surface area contributed by atoms with E-state index >= 15 is 0 Å². The molecule has 1 rings (SSSR count). The minimum atomic E-state index is -1.20. The quantitative estimate of drug-likeness (QED) is 0.0976. The van der Waals surface area contributed by atoms with Crippen molar-refractivity contribution in [1.82, 2.24) is 21.3 Å². The predicted molar refractivity (Wildman–Crippen MR) is 119 cm³/mol. The van der Waals surface area contributed by atoms with Gasteiger partial charge in [0, 0.05) is 6.54 Å². The molecule has 4 unspecified atom stereocenters. The summed E-state index contributed by atoms with van der Waals surface area (Å²) in [5.74, 6) is -2.54. The molecule has 0 aromatic heterocycles. The van der Waals surface area contributed by atoms with Crippen LogP contribution in [0.15, 0.2) is 4.99 Å². The Balaban J connectivity index is 2.65. The van der Waals surface area contributed by atoms with Gasteiger partial charge in [0.05, 0.1) is 6.04 Å². The van der Waals surface area contributed by atoms with Gasteiger partial charge >= 0.3 is 5.97 Å². The summed E-state index contributed by atoms with van der Waals surface area (Å²) in [6.07, 6.45) is 2.49. The molecule has 0 aromatic rings. The topological polar surface area (TPSA) is 201 Å². The van der Waals surface area contributed by atoms with E-state index in [4.69, 9.17) is 11.5 Å². The van der Waals surface area contributed by atoms with Gasteiger partial charge in [-0.05, 0) is 51.5 Å². The van der Waals surface area contributed by atoms with Crippen LogP contribution in [-0.4, -0.2) is 72.0 Å². The van der Waals surface area contributed by atoms with Crippen LogP contribution in [0.25, 0.3) is 0 Å². The van der Waals surface area contributed by atoms with Gasteiger partial charge in [0.15, 0.2) is 5.96 Å². The van der Waals surface area contributed by atoms with Crippen molar-refractivity contribution in [3.05, 3.63) is 0 Å². The van der Waals surface area contributed by atoms with Crippen LogP contribution in [0.1, 0.15) is 52.9 Å². The highest BCUT2D eigenvalue weighted by atomic mass is 16.4. The van der Waals surface area contributed by atoms with E-state index in [0.717, 1.165) is 13.0 Å². The number of carbonyl (C=O) groups excluding carboxylic acids is 3.